The topological polar surface area (TPSA) is 55.6 Å². The summed E-state index contributed by atoms with van der Waals surface area (Å²) in [4.78, 5) is 14.3. The highest BCUT2D eigenvalue weighted by atomic mass is 16.6. The Morgan fingerprint density at radius 2 is 2.05 bits per heavy atom. The van der Waals surface area contributed by atoms with Gasteiger partial charge < -0.3 is 15.4 Å². The van der Waals surface area contributed by atoms with Crippen LogP contribution < -0.4 is 5.73 Å². The second-order valence-electron chi connectivity index (χ2n) is 6.80. The molecule has 1 heterocycles. The molecule has 1 aliphatic heterocycles. The molecule has 2 N–H and O–H groups in total. The summed E-state index contributed by atoms with van der Waals surface area (Å²) in [6.45, 7) is 8.51. The number of carbonyl (C=O) groups excluding carboxylic acids is 1. The minimum Gasteiger partial charge on any atom is -0.444 e. The molecule has 1 saturated heterocycles. The van der Waals surface area contributed by atoms with Gasteiger partial charge in [-0.25, -0.2) is 4.79 Å². The van der Waals surface area contributed by atoms with Crippen molar-refractivity contribution in [2.75, 3.05) is 12.3 Å². The molecule has 21 heavy (non-hydrogen) atoms. The second-order valence-corrected chi connectivity index (χ2v) is 6.80. The molecule has 0 radical (unpaired) electrons. The van der Waals surface area contributed by atoms with Gasteiger partial charge in [0.05, 0.1) is 6.04 Å². The molecule has 4 nitrogen and oxygen atoms in total. The van der Waals surface area contributed by atoms with Crippen molar-refractivity contribution in [1.29, 1.82) is 0 Å². The summed E-state index contributed by atoms with van der Waals surface area (Å²) in [5, 5.41) is 0. The second kappa shape index (κ2) is 5.96. The normalized spacial score (nSPS) is 19.4. The molecular formula is C17H26N2O2. The van der Waals surface area contributed by atoms with Crippen molar-refractivity contribution in [1.82, 2.24) is 4.90 Å². The molecule has 1 aromatic rings. The number of likely N-dealkylation sites (tertiary alicyclic amines) is 1. The van der Waals surface area contributed by atoms with E-state index in [0.717, 1.165) is 37.1 Å². The molecule has 0 aliphatic carbocycles. The molecule has 0 bridgehead atoms. The lowest BCUT2D eigenvalue weighted by Gasteiger charge is -2.37. The first-order valence-corrected chi connectivity index (χ1v) is 7.63. The van der Waals surface area contributed by atoms with Crippen LogP contribution in [0.15, 0.2) is 18.2 Å². The van der Waals surface area contributed by atoms with Gasteiger partial charge >= 0.3 is 6.09 Å². The number of benzene rings is 1. The molecule has 0 saturated carbocycles. The summed E-state index contributed by atoms with van der Waals surface area (Å²) < 4.78 is 5.55. The molecule has 0 spiro atoms. The Morgan fingerprint density at radius 1 is 1.33 bits per heavy atom. The Labute approximate surface area is 127 Å². The predicted octanol–water partition coefficient (Wildman–Crippen LogP) is 4.04. The number of carbonyl (C=O) groups is 1. The molecule has 4 heteroatoms. The van der Waals surface area contributed by atoms with Gasteiger partial charge in [-0.1, -0.05) is 6.07 Å². The maximum Gasteiger partial charge on any atom is 0.410 e. The highest BCUT2D eigenvalue weighted by Gasteiger charge is 2.32. The van der Waals surface area contributed by atoms with Gasteiger partial charge in [-0.15, -0.1) is 0 Å². The molecule has 1 amide bonds. The Morgan fingerprint density at radius 3 is 2.71 bits per heavy atom. The quantitative estimate of drug-likeness (QED) is 0.794. The molecule has 1 atom stereocenters. The summed E-state index contributed by atoms with van der Waals surface area (Å²) >= 11 is 0. The van der Waals surface area contributed by atoms with Crippen molar-refractivity contribution < 1.29 is 9.53 Å². The summed E-state index contributed by atoms with van der Waals surface area (Å²) in [6, 6.07) is 5.98. The number of hydrogen-bond acceptors (Lipinski definition) is 3. The number of aryl methyl sites for hydroxylation is 1. The van der Waals surface area contributed by atoms with Gasteiger partial charge in [0.25, 0.3) is 0 Å². The fourth-order valence-corrected chi connectivity index (χ4v) is 2.81. The van der Waals surface area contributed by atoms with Crippen molar-refractivity contribution in [3.05, 3.63) is 29.3 Å². The molecule has 0 aromatic heterocycles. The minimum absolute atomic E-state index is 0.0668. The van der Waals surface area contributed by atoms with Crippen molar-refractivity contribution >= 4 is 11.8 Å². The van der Waals surface area contributed by atoms with Crippen LogP contribution >= 0.6 is 0 Å². The molecule has 2 rings (SSSR count). The third-order valence-corrected chi connectivity index (χ3v) is 3.79. The summed E-state index contributed by atoms with van der Waals surface area (Å²) in [7, 11) is 0. The average molecular weight is 290 g/mol. The summed E-state index contributed by atoms with van der Waals surface area (Å²) in [5.41, 5.74) is 8.51. The van der Waals surface area contributed by atoms with Crippen LogP contribution in [0.2, 0.25) is 0 Å². The van der Waals surface area contributed by atoms with E-state index in [1.54, 1.807) is 0 Å². The van der Waals surface area contributed by atoms with Gasteiger partial charge in [0.2, 0.25) is 0 Å². The van der Waals surface area contributed by atoms with Gasteiger partial charge in [-0.2, -0.15) is 0 Å². The molecule has 1 fully saturated rings. The highest BCUT2D eigenvalue weighted by Crippen LogP contribution is 2.34. The van der Waals surface area contributed by atoms with E-state index in [1.165, 1.54) is 5.56 Å². The zero-order chi connectivity index (χ0) is 15.6. The Kier molecular flexibility index (Phi) is 4.45. The zero-order valence-electron chi connectivity index (χ0n) is 13.5. The minimum atomic E-state index is -0.468. The molecule has 116 valence electrons. The summed E-state index contributed by atoms with van der Waals surface area (Å²) in [6.07, 6.45) is 2.88. The monoisotopic (exact) mass is 290 g/mol. The van der Waals surface area contributed by atoms with Crippen LogP contribution in [0.3, 0.4) is 0 Å². The summed E-state index contributed by atoms with van der Waals surface area (Å²) in [5.74, 6) is 0. The molecular weight excluding hydrogens is 264 g/mol. The van der Waals surface area contributed by atoms with Crippen molar-refractivity contribution in [2.24, 2.45) is 0 Å². The first-order chi connectivity index (χ1) is 9.78. The van der Waals surface area contributed by atoms with E-state index in [9.17, 15) is 4.79 Å². The number of nitrogen functional groups attached to an aromatic ring is 1. The van der Waals surface area contributed by atoms with Crippen molar-refractivity contribution in [3.8, 4) is 0 Å². The predicted molar refractivity (Wildman–Crippen MR) is 85.1 cm³/mol. The fraction of sp³-hybridized carbons (Fsp3) is 0.588. The lowest BCUT2D eigenvalue weighted by Crippen LogP contribution is -2.42. The standard InChI is InChI=1S/C17H26N2O2/c1-12-8-9-13(18)11-14(12)15-7-5-6-10-19(15)16(20)21-17(2,3)4/h8-9,11,15H,5-7,10,18H2,1-4H3. The van der Waals surface area contributed by atoms with E-state index in [1.807, 2.05) is 43.9 Å². The Balaban J connectivity index is 2.27. The molecule has 1 aromatic carbocycles. The van der Waals surface area contributed by atoms with Crippen LogP contribution in [0.25, 0.3) is 0 Å². The van der Waals surface area contributed by atoms with E-state index in [-0.39, 0.29) is 12.1 Å². The van der Waals surface area contributed by atoms with E-state index >= 15 is 0 Å². The van der Waals surface area contributed by atoms with Crippen molar-refractivity contribution in [2.45, 2.75) is 58.6 Å². The van der Waals surface area contributed by atoms with Crippen LogP contribution in [-0.4, -0.2) is 23.1 Å². The van der Waals surface area contributed by atoms with E-state index in [4.69, 9.17) is 10.5 Å². The fourth-order valence-electron chi connectivity index (χ4n) is 2.81. The Bertz CT molecular complexity index is 520. The number of hydrogen-bond donors (Lipinski definition) is 1. The maximum absolute atomic E-state index is 12.5. The Hall–Kier alpha value is -1.71. The van der Waals surface area contributed by atoms with Gasteiger partial charge in [0.15, 0.2) is 0 Å². The number of ether oxygens (including phenoxy) is 1. The first-order valence-electron chi connectivity index (χ1n) is 7.63. The smallest absolute Gasteiger partial charge is 0.410 e. The number of anilines is 1. The third-order valence-electron chi connectivity index (χ3n) is 3.79. The maximum atomic E-state index is 12.5. The number of nitrogens with two attached hydrogens (primary N) is 1. The highest BCUT2D eigenvalue weighted by molar-refractivity contribution is 5.69. The largest absolute Gasteiger partial charge is 0.444 e. The number of nitrogens with zero attached hydrogens (tertiary/aromatic N) is 1. The van der Waals surface area contributed by atoms with Gasteiger partial charge in [0.1, 0.15) is 5.60 Å². The van der Waals surface area contributed by atoms with Gasteiger partial charge in [-0.05, 0) is 70.2 Å². The third kappa shape index (κ3) is 3.90. The number of rotatable bonds is 1. The van der Waals surface area contributed by atoms with Crippen LogP contribution in [-0.2, 0) is 4.74 Å². The van der Waals surface area contributed by atoms with Crippen LogP contribution in [0.5, 0.6) is 0 Å². The molecule has 1 aliphatic rings. The van der Waals surface area contributed by atoms with E-state index < -0.39 is 5.60 Å². The average Bonchev–Trinajstić information content (AvgIpc) is 2.39. The zero-order valence-corrected chi connectivity index (χ0v) is 13.5. The number of amides is 1. The van der Waals surface area contributed by atoms with Crippen LogP contribution in [0.4, 0.5) is 10.5 Å². The van der Waals surface area contributed by atoms with Gasteiger partial charge in [0, 0.05) is 12.2 Å². The molecule has 1 unspecified atom stereocenters. The first kappa shape index (κ1) is 15.7. The van der Waals surface area contributed by atoms with Crippen LogP contribution in [0, 0.1) is 6.92 Å². The SMILES string of the molecule is Cc1ccc(N)cc1C1CCCCN1C(=O)OC(C)(C)C. The van der Waals surface area contributed by atoms with Gasteiger partial charge in [-0.3, -0.25) is 0 Å². The van der Waals surface area contributed by atoms with E-state index in [0.29, 0.717) is 0 Å². The number of piperidine rings is 1. The van der Waals surface area contributed by atoms with E-state index in [2.05, 4.69) is 6.92 Å². The van der Waals surface area contributed by atoms with Crippen molar-refractivity contribution in [3.63, 3.8) is 0 Å². The lowest BCUT2D eigenvalue weighted by molar-refractivity contribution is 0.00946. The van der Waals surface area contributed by atoms with Crippen LogP contribution in [0.1, 0.15) is 57.2 Å². The lowest BCUT2D eigenvalue weighted by atomic mass is 9.92.